The van der Waals surface area contributed by atoms with Gasteiger partial charge >= 0.3 is 0 Å². The zero-order chi connectivity index (χ0) is 22.2. The molecule has 2 aromatic carbocycles. The second kappa shape index (κ2) is 6.84. The third-order valence-electron chi connectivity index (χ3n) is 7.78. The topological polar surface area (TPSA) is 61.4 Å². The van der Waals surface area contributed by atoms with Crippen LogP contribution in [-0.2, 0) is 5.41 Å². The Kier molecular flexibility index (Phi) is 3.97. The van der Waals surface area contributed by atoms with Gasteiger partial charge in [-0.1, -0.05) is 18.2 Å². The van der Waals surface area contributed by atoms with Gasteiger partial charge in [-0.15, -0.1) is 0 Å². The molecule has 0 radical (unpaired) electrons. The second-order valence-electron chi connectivity index (χ2n) is 9.83. The quantitative estimate of drug-likeness (QED) is 0.672. The molecular weight excluding hydrogens is 417 g/mol. The molecule has 2 atom stereocenters. The van der Waals surface area contributed by atoms with Gasteiger partial charge in [-0.3, -0.25) is 4.79 Å². The number of anilines is 2. The molecule has 6 nitrogen and oxygen atoms in total. The van der Waals surface area contributed by atoms with Crippen LogP contribution in [0.25, 0.3) is 11.1 Å². The number of hydrogen-bond donors (Lipinski definition) is 1. The van der Waals surface area contributed by atoms with Gasteiger partial charge in [0, 0.05) is 66.3 Å². The predicted octanol–water partition coefficient (Wildman–Crippen LogP) is 3.65. The fraction of sp³-hybridized carbons (Fsp3) is 0.346. The third kappa shape index (κ3) is 2.99. The molecule has 4 heterocycles. The number of likely N-dealkylation sites (tertiary alicyclic amines) is 1. The lowest BCUT2D eigenvalue weighted by molar-refractivity contribution is 0.0716. The Labute approximate surface area is 191 Å². The highest BCUT2D eigenvalue weighted by atomic mass is 19.1. The van der Waals surface area contributed by atoms with Gasteiger partial charge in [0.2, 0.25) is 5.95 Å². The first-order chi connectivity index (χ1) is 16.1. The number of fused-ring (bicyclic) bond motifs is 4. The van der Waals surface area contributed by atoms with E-state index >= 15 is 0 Å². The van der Waals surface area contributed by atoms with Crippen molar-refractivity contribution in [2.45, 2.75) is 36.8 Å². The highest BCUT2D eigenvalue weighted by Crippen LogP contribution is 2.57. The van der Waals surface area contributed by atoms with Crippen LogP contribution < -0.4 is 10.2 Å². The summed E-state index contributed by atoms with van der Waals surface area (Å²) in [5, 5.41) is 3.46. The summed E-state index contributed by atoms with van der Waals surface area (Å²) in [6.07, 6.45) is 6.84. The Balaban J connectivity index is 1.21. The number of aromatic nitrogens is 2. The number of nitrogens with one attached hydrogen (secondary N) is 1. The van der Waals surface area contributed by atoms with E-state index in [-0.39, 0.29) is 17.1 Å². The first-order valence-electron chi connectivity index (χ1n) is 11.6. The van der Waals surface area contributed by atoms with Crippen LogP contribution in [0.5, 0.6) is 0 Å². The minimum atomic E-state index is -0.278. The van der Waals surface area contributed by atoms with Crippen molar-refractivity contribution in [1.29, 1.82) is 0 Å². The van der Waals surface area contributed by atoms with Crippen LogP contribution in [0.1, 0.15) is 35.2 Å². The molecule has 4 aliphatic rings. The zero-order valence-corrected chi connectivity index (χ0v) is 18.2. The maximum absolute atomic E-state index is 13.6. The van der Waals surface area contributed by atoms with E-state index in [1.54, 1.807) is 18.5 Å². The van der Waals surface area contributed by atoms with Crippen molar-refractivity contribution < 1.29 is 9.18 Å². The number of rotatable bonds is 3. The van der Waals surface area contributed by atoms with E-state index < -0.39 is 0 Å². The number of carbonyl (C=O) groups excluding carboxylic acids is 1. The van der Waals surface area contributed by atoms with Crippen LogP contribution >= 0.6 is 0 Å². The maximum atomic E-state index is 13.6. The Morgan fingerprint density at radius 2 is 1.94 bits per heavy atom. The summed E-state index contributed by atoms with van der Waals surface area (Å²) in [6.45, 7) is 2.51. The van der Waals surface area contributed by atoms with Crippen LogP contribution in [0.3, 0.4) is 0 Å². The summed E-state index contributed by atoms with van der Waals surface area (Å²) in [5.41, 5.74) is 4.75. The number of hydrogen-bond acceptors (Lipinski definition) is 5. The van der Waals surface area contributed by atoms with Crippen molar-refractivity contribution in [3.8, 4) is 11.1 Å². The second-order valence-corrected chi connectivity index (χ2v) is 9.83. The SMILES string of the molecule is O=C(c1ccc2c(c1)N(c1ncc(-c3cccc(F)c3)cn1)CC21CC1)N1CC2CC1CN2. The summed E-state index contributed by atoms with van der Waals surface area (Å²) >= 11 is 0. The summed E-state index contributed by atoms with van der Waals surface area (Å²) in [4.78, 5) is 26.7. The molecule has 1 N–H and O–H groups in total. The number of nitrogens with zero attached hydrogens (tertiary/aromatic N) is 4. The van der Waals surface area contributed by atoms with E-state index in [2.05, 4.69) is 26.3 Å². The summed E-state index contributed by atoms with van der Waals surface area (Å²) in [7, 11) is 0. The fourth-order valence-corrected chi connectivity index (χ4v) is 5.82. The Morgan fingerprint density at radius 3 is 2.64 bits per heavy atom. The van der Waals surface area contributed by atoms with Crippen molar-refractivity contribution in [2.24, 2.45) is 0 Å². The standard InChI is InChI=1S/C26H24FN5O/c27-19-3-1-2-16(8-19)18-11-29-25(30-12-18)32-15-26(6-7-26)22-5-4-17(9-23(22)32)24(33)31-14-20-10-21(31)13-28-20/h1-5,8-9,11-12,20-21,28H,6-7,10,13-15H2. The largest absolute Gasteiger partial charge is 0.333 e. The first-order valence-corrected chi connectivity index (χ1v) is 11.6. The van der Waals surface area contributed by atoms with Gasteiger partial charge in [-0.25, -0.2) is 14.4 Å². The van der Waals surface area contributed by atoms with Crippen LogP contribution in [-0.4, -0.2) is 52.5 Å². The molecule has 2 unspecified atom stereocenters. The first kappa shape index (κ1) is 19.2. The molecule has 1 amide bonds. The monoisotopic (exact) mass is 441 g/mol. The lowest BCUT2D eigenvalue weighted by Gasteiger charge is -2.28. The molecule has 1 spiro atoms. The molecular formula is C26H24FN5O. The Hall–Kier alpha value is -3.32. The van der Waals surface area contributed by atoms with E-state index in [0.29, 0.717) is 18.0 Å². The molecule has 1 aromatic heterocycles. The van der Waals surface area contributed by atoms with Crippen molar-refractivity contribution in [3.63, 3.8) is 0 Å². The number of benzene rings is 2. The molecule has 2 saturated heterocycles. The summed E-state index contributed by atoms with van der Waals surface area (Å²) < 4.78 is 13.6. The molecule has 33 heavy (non-hydrogen) atoms. The van der Waals surface area contributed by atoms with Crippen molar-refractivity contribution in [3.05, 3.63) is 71.8 Å². The lowest BCUT2D eigenvalue weighted by atomic mass is 9.97. The number of halogens is 1. The van der Waals surface area contributed by atoms with Crippen LogP contribution in [0, 0.1) is 5.82 Å². The van der Waals surface area contributed by atoms with E-state index in [1.165, 1.54) is 17.7 Å². The van der Waals surface area contributed by atoms with E-state index in [9.17, 15) is 9.18 Å². The van der Waals surface area contributed by atoms with Crippen LogP contribution in [0.2, 0.25) is 0 Å². The highest BCUT2D eigenvalue weighted by molar-refractivity contribution is 5.96. The van der Waals surface area contributed by atoms with Gasteiger partial charge in [-0.2, -0.15) is 0 Å². The number of carbonyl (C=O) groups is 1. The van der Waals surface area contributed by atoms with Crippen LogP contribution in [0.15, 0.2) is 54.9 Å². The summed E-state index contributed by atoms with van der Waals surface area (Å²) in [5.74, 6) is 0.458. The zero-order valence-electron chi connectivity index (χ0n) is 18.2. The third-order valence-corrected chi connectivity index (χ3v) is 7.78. The molecule has 3 aliphatic heterocycles. The molecule has 7 heteroatoms. The van der Waals surface area contributed by atoms with Crippen molar-refractivity contribution >= 4 is 17.5 Å². The van der Waals surface area contributed by atoms with Crippen LogP contribution in [0.4, 0.5) is 16.0 Å². The predicted molar refractivity (Wildman–Crippen MR) is 123 cm³/mol. The van der Waals surface area contributed by atoms with Gasteiger partial charge in [0.05, 0.1) is 0 Å². The molecule has 3 fully saturated rings. The average molecular weight is 442 g/mol. The van der Waals surface area contributed by atoms with Gasteiger partial charge < -0.3 is 15.1 Å². The van der Waals surface area contributed by atoms with Crippen molar-refractivity contribution in [1.82, 2.24) is 20.2 Å². The van der Waals surface area contributed by atoms with Gasteiger partial charge in [0.15, 0.2) is 0 Å². The normalized spacial score (nSPS) is 23.9. The molecule has 1 saturated carbocycles. The molecule has 2 bridgehead atoms. The molecule has 7 rings (SSSR count). The van der Waals surface area contributed by atoms with Gasteiger partial charge in [0.1, 0.15) is 5.82 Å². The maximum Gasteiger partial charge on any atom is 0.254 e. The molecule has 3 aromatic rings. The minimum absolute atomic E-state index is 0.117. The number of amides is 1. The number of piperazine rings is 1. The molecule has 166 valence electrons. The Bertz CT molecular complexity index is 1270. The van der Waals surface area contributed by atoms with Crippen molar-refractivity contribution in [2.75, 3.05) is 24.5 Å². The Morgan fingerprint density at radius 1 is 1.09 bits per heavy atom. The smallest absolute Gasteiger partial charge is 0.254 e. The minimum Gasteiger partial charge on any atom is -0.333 e. The van der Waals surface area contributed by atoms with E-state index in [0.717, 1.165) is 61.3 Å². The average Bonchev–Trinajstić information content (AvgIpc) is 3.16. The molecule has 1 aliphatic carbocycles. The lowest BCUT2D eigenvalue weighted by Crippen LogP contribution is -2.46. The highest BCUT2D eigenvalue weighted by Gasteiger charge is 2.52. The van der Waals surface area contributed by atoms with Gasteiger partial charge in [-0.05, 0) is 54.7 Å². The van der Waals surface area contributed by atoms with Gasteiger partial charge in [0.25, 0.3) is 5.91 Å². The van der Waals surface area contributed by atoms with E-state index in [1.807, 2.05) is 23.1 Å². The van der Waals surface area contributed by atoms with E-state index in [4.69, 9.17) is 0 Å². The summed E-state index contributed by atoms with van der Waals surface area (Å²) in [6, 6.07) is 13.4. The fourth-order valence-electron chi connectivity index (χ4n) is 5.82.